The molecule has 1 aliphatic rings. The predicted octanol–water partition coefficient (Wildman–Crippen LogP) is 3.63. The fraction of sp³-hybridized carbons (Fsp3) is 0.538. The standard InChI is InChI=1S/C13H18BrNS/c14-13-6-2-1-5-11(13)12(8-15)10-4-3-7-16-9-10/h1-2,5-6,10,12H,3-4,7-9,15H2. The van der Waals surface area contributed by atoms with Crippen molar-refractivity contribution in [1.82, 2.24) is 0 Å². The molecule has 3 heteroatoms. The summed E-state index contributed by atoms with van der Waals surface area (Å²) >= 11 is 5.72. The first kappa shape index (κ1) is 12.5. The van der Waals surface area contributed by atoms with Crippen molar-refractivity contribution in [2.45, 2.75) is 18.8 Å². The van der Waals surface area contributed by atoms with Crippen molar-refractivity contribution in [3.05, 3.63) is 34.3 Å². The minimum atomic E-state index is 0.517. The topological polar surface area (TPSA) is 26.0 Å². The van der Waals surface area contributed by atoms with E-state index in [2.05, 4.69) is 52.0 Å². The second-order valence-corrected chi connectivity index (χ2v) is 6.35. The number of benzene rings is 1. The monoisotopic (exact) mass is 299 g/mol. The summed E-state index contributed by atoms with van der Waals surface area (Å²) in [6.45, 7) is 0.758. The molecule has 1 saturated heterocycles. The molecule has 0 aliphatic carbocycles. The van der Waals surface area contributed by atoms with Gasteiger partial charge in [0.25, 0.3) is 0 Å². The Labute approximate surface area is 110 Å². The molecule has 0 aromatic heterocycles. The Kier molecular flexibility index (Phi) is 4.74. The predicted molar refractivity (Wildman–Crippen MR) is 76.0 cm³/mol. The van der Waals surface area contributed by atoms with Gasteiger partial charge in [0.1, 0.15) is 0 Å². The van der Waals surface area contributed by atoms with Crippen molar-refractivity contribution < 1.29 is 0 Å². The maximum Gasteiger partial charge on any atom is 0.0210 e. The molecule has 1 aromatic rings. The molecule has 88 valence electrons. The average molecular weight is 300 g/mol. The largest absolute Gasteiger partial charge is 0.330 e. The van der Waals surface area contributed by atoms with Crippen LogP contribution < -0.4 is 5.73 Å². The molecular formula is C13H18BrNS. The van der Waals surface area contributed by atoms with E-state index in [9.17, 15) is 0 Å². The van der Waals surface area contributed by atoms with Crippen molar-refractivity contribution in [3.8, 4) is 0 Å². The van der Waals surface area contributed by atoms with Gasteiger partial charge in [-0.2, -0.15) is 11.8 Å². The summed E-state index contributed by atoms with van der Waals surface area (Å²) in [5.74, 6) is 3.86. The molecule has 0 spiro atoms. The van der Waals surface area contributed by atoms with Crippen LogP contribution in [0.5, 0.6) is 0 Å². The fourth-order valence-electron chi connectivity index (χ4n) is 2.43. The van der Waals surface area contributed by atoms with Gasteiger partial charge in [-0.1, -0.05) is 34.1 Å². The summed E-state index contributed by atoms with van der Waals surface area (Å²) in [6.07, 6.45) is 2.67. The van der Waals surface area contributed by atoms with Gasteiger partial charge in [0, 0.05) is 10.4 Å². The zero-order valence-corrected chi connectivity index (χ0v) is 11.8. The van der Waals surface area contributed by atoms with Gasteiger partial charge in [0.05, 0.1) is 0 Å². The van der Waals surface area contributed by atoms with Crippen molar-refractivity contribution in [3.63, 3.8) is 0 Å². The quantitative estimate of drug-likeness (QED) is 0.922. The summed E-state index contributed by atoms with van der Waals surface area (Å²) in [5.41, 5.74) is 7.36. The van der Waals surface area contributed by atoms with Gasteiger partial charge in [-0.15, -0.1) is 0 Å². The molecule has 16 heavy (non-hydrogen) atoms. The SMILES string of the molecule is NCC(c1ccccc1Br)C1CCCSC1. The summed E-state index contributed by atoms with van der Waals surface area (Å²) in [7, 11) is 0. The molecule has 2 atom stereocenters. The van der Waals surface area contributed by atoms with Crippen LogP contribution in [0.1, 0.15) is 24.3 Å². The van der Waals surface area contributed by atoms with E-state index < -0.39 is 0 Å². The second-order valence-electron chi connectivity index (χ2n) is 4.34. The normalized spacial score (nSPS) is 23.0. The molecule has 1 heterocycles. The van der Waals surface area contributed by atoms with Crippen LogP contribution in [0.4, 0.5) is 0 Å². The first-order valence-corrected chi connectivity index (χ1v) is 7.80. The molecule has 0 radical (unpaired) electrons. The Balaban J connectivity index is 2.18. The van der Waals surface area contributed by atoms with E-state index in [1.165, 1.54) is 34.4 Å². The summed E-state index contributed by atoms with van der Waals surface area (Å²) < 4.78 is 1.21. The van der Waals surface area contributed by atoms with Crippen LogP contribution in [-0.2, 0) is 0 Å². The van der Waals surface area contributed by atoms with Gasteiger partial charge in [0.2, 0.25) is 0 Å². The smallest absolute Gasteiger partial charge is 0.0210 e. The Hall–Kier alpha value is 0.01000. The fourth-order valence-corrected chi connectivity index (χ4v) is 4.25. The lowest BCUT2D eigenvalue weighted by atomic mass is 9.84. The lowest BCUT2D eigenvalue weighted by molar-refractivity contribution is 0.429. The first-order valence-electron chi connectivity index (χ1n) is 5.85. The highest BCUT2D eigenvalue weighted by Gasteiger charge is 2.25. The zero-order valence-electron chi connectivity index (χ0n) is 9.36. The van der Waals surface area contributed by atoms with Crippen LogP contribution >= 0.6 is 27.7 Å². The van der Waals surface area contributed by atoms with Crippen LogP contribution in [0.25, 0.3) is 0 Å². The van der Waals surface area contributed by atoms with Crippen LogP contribution in [-0.4, -0.2) is 18.1 Å². The van der Waals surface area contributed by atoms with Crippen LogP contribution in [0.3, 0.4) is 0 Å². The molecule has 1 nitrogen and oxygen atoms in total. The molecule has 1 aromatic carbocycles. The minimum absolute atomic E-state index is 0.517. The van der Waals surface area contributed by atoms with E-state index >= 15 is 0 Å². The van der Waals surface area contributed by atoms with Gasteiger partial charge in [-0.3, -0.25) is 0 Å². The van der Waals surface area contributed by atoms with Gasteiger partial charge in [-0.05, 0) is 48.4 Å². The molecule has 2 rings (SSSR count). The van der Waals surface area contributed by atoms with Crippen molar-refractivity contribution in [2.75, 3.05) is 18.1 Å². The van der Waals surface area contributed by atoms with Gasteiger partial charge >= 0.3 is 0 Å². The lowest BCUT2D eigenvalue weighted by Crippen LogP contribution is -2.26. The highest BCUT2D eigenvalue weighted by atomic mass is 79.9. The minimum Gasteiger partial charge on any atom is -0.330 e. The van der Waals surface area contributed by atoms with Crippen LogP contribution in [0.15, 0.2) is 28.7 Å². The third-order valence-electron chi connectivity index (χ3n) is 3.32. The van der Waals surface area contributed by atoms with E-state index in [0.29, 0.717) is 5.92 Å². The second kappa shape index (κ2) is 6.08. The first-order chi connectivity index (χ1) is 7.83. The number of thioether (sulfide) groups is 1. The van der Waals surface area contributed by atoms with Gasteiger partial charge in [-0.25, -0.2) is 0 Å². The molecular weight excluding hydrogens is 282 g/mol. The van der Waals surface area contributed by atoms with E-state index in [4.69, 9.17) is 5.73 Å². The maximum absolute atomic E-state index is 5.97. The number of halogens is 1. The van der Waals surface area contributed by atoms with E-state index in [1.807, 2.05) is 0 Å². The summed E-state index contributed by atoms with van der Waals surface area (Å²) in [4.78, 5) is 0. The third-order valence-corrected chi connectivity index (χ3v) is 5.29. The Morgan fingerprint density at radius 1 is 1.44 bits per heavy atom. The lowest BCUT2D eigenvalue weighted by Gasteiger charge is -2.30. The Bertz CT molecular complexity index is 336. The number of nitrogens with two attached hydrogens (primary N) is 1. The molecule has 2 unspecified atom stereocenters. The number of rotatable bonds is 3. The summed E-state index contributed by atoms with van der Waals surface area (Å²) in [6, 6.07) is 8.50. The number of hydrogen-bond acceptors (Lipinski definition) is 2. The zero-order chi connectivity index (χ0) is 11.4. The third kappa shape index (κ3) is 2.82. The van der Waals surface area contributed by atoms with E-state index in [0.717, 1.165) is 12.5 Å². The van der Waals surface area contributed by atoms with E-state index in [-0.39, 0.29) is 0 Å². The molecule has 1 fully saturated rings. The van der Waals surface area contributed by atoms with Gasteiger partial charge < -0.3 is 5.73 Å². The van der Waals surface area contributed by atoms with E-state index in [1.54, 1.807) is 0 Å². The highest BCUT2D eigenvalue weighted by molar-refractivity contribution is 9.10. The molecule has 1 aliphatic heterocycles. The molecule has 0 saturated carbocycles. The van der Waals surface area contributed by atoms with Crippen molar-refractivity contribution in [1.29, 1.82) is 0 Å². The maximum atomic E-state index is 5.97. The van der Waals surface area contributed by atoms with Crippen LogP contribution in [0.2, 0.25) is 0 Å². The average Bonchev–Trinajstić information content (AvgIpc) is 2.34. The Morgan fingerprint density at radius 3 is 2.88 bits per heavy atom. The number of hydrogen-bond donors (Lipinski definition) is 1. The van der Waals surface area contributed by atoms with Crippen LogP contribution in [0, 0.1) is 5.92 Å². The van der Waals surface area contributed by atoms with Gasteiger partial charge in [0.15, 0.2) is 0 Å². The highest BCUT2D eigenvalue weighted by Crippen LogP contribution is 2.36. The van der Waals surface area contributed by atoms with Crippen molar-refractivity contribution >= 4 is 27.7 Å². The molecule has 2 N–H and O–H groups in total. The molecule has 0 bridgehead atoms. The van der Waals surface area contributed by atoms with Crippen molar-refractivity contribution in [2.24, 2.45) is 11.7 Å². The molecule has 0 amide bonds. The summed E-state index contributed by atoms with van der Waals surface area (Å²) in [5, 5.41) is 0. The Morgan fingerprint density at radius 2 is 2.25 bits per heavy atom.